The lowest BCUT2D eigenvalue weighted by Gasteiger charge is -2.11. The lowest BCUT2D eigenvalue weighted by molar-refractivity contribution is 0.102. The molecule has 21 heavy (non-hydrogen) atoms. The number of amides is 1. The Hall–Kier alpha value is -2.50. The third-order valence-electron chi connectivity index (χ3n) is 2.85. The highest BCUT2D eigenvalue weighted by atomic mass is 16.1. The van der Waals surface area contributed by atoms with Gasteiger partial charge in [0.2, 0.25) is 5.95 Å². The molecule has 0 atom stereocenters. The number of pyridine rings is 1. The molecule has 0 fully saturated rings. The van der Waals surface area contributed by atoms with Crippen LogP contribution < -0.4 is 10.6 Å². The van der Waals surface area contributed by atoms with Crippen molar-refractivity contribution in [3.8, 4) is 0 Å². The zero-order valence-corrected chi connectivity index (χ0v) is 12.4. The van der Waals surface area contributed by atoms with Gasteiger partial charge < -0.3 is 5.32 Å². The highest BCUT2D eigenvalue weighted by Crippen LogP contribution is 2.18. The average Bonchev–Trinajstić information content (AvgIpc) is 2.48. The number of carbonyl (C=O) groups excluding carboxylic acids is 1. The summed E-state index contributed by atoms with van der Waals surface area (Å²) in [7, 11) is 0. The van der Waals surface area contributed by atoms with Crippen molar-refractivity contribution >= 4 is 17.7 Å². The number of hydrogen-bond donors (Lipinski definition) is 2. The predicted octanol–water partition coefficient (Wildman–Crippen LogP) is 2.68. The first-order chi connectivity index (χ1) is 10.1. The Balaban J connectivity index is 2.27. The van der Waals surface area contributed by atoms with Crippen LogP contribution in [0, 0.1) is 0 Å². The molecule has 0 saturated heterocycles. The van der Waals surface area contributed by atoms with Gasteiger partial charge in [0, 0.05) is 30.2 Å². The number of nitrogens with zero attached hydrogens (tertiary/aromatic N) is 3. The van der Waals surface area contributed by atoms with E-state index in [0.717, 1.165) is 12.2 Å². The minimum atomic E-state index is -0.246. The van der Waals surface area contributed by atoms with E-state index in [4.69, 9.17) is 0 Å². The fourth-order valence-corrected chi connectivity index (χ4v) is 1.79. The summed E-state index contributed by atoms with van der Waals surface area (Å²) in [6, 6.07) is 5.22. The molecule has 2 aromatic rings. The van der Waals surface area contributed by atoms with Crippen molar-refractivity contribution in [1.29, 1.82) is 0 Å². The molecule has 0 radical (unpaired) electrons. The molecule has 0 spiro atoms. The van der Waals surface area contributed by atoms with Gasteiger partial charge in [0.15, 0.2) is 0 Å². The lowest BCUT2D eigenvalue weighted by Crippen LogP contribution is -2.15. The molecule has 110 valence electrons. The van der Waals surface area contributed by atoms with Gasteiger partial charge in [-0.1, -0.05) is 13.8 Å². The molecule has 2 heterocycles. The Morgan fingerprint density at radius 1 is 1.24 bits per heavy atom. The van der Waals surface area contributed by atoms with Gasteiger partial charge in [0.1, 0.15) is 5.82 Å². The summed E-state index contributed by atoms with van der Waals surface area (Å²) < 4.78 is 0. The maximum atomic E-state index is 12.3. The minimum absolute atomic E-state index is 0.239. The van der Waals surface area contributed by atoms with E-state index in [1.807, 2.05) is 20.8 Å². The quantitative estimate of drug-likeness (QED) is 0.883. The summed E-state index contributed by atoms with van der Waals surface area (Å²) in [5.41, 5.74) is 1.41. The number of rotatable bonds is 5. The summed E-state index contributed by atoms with van der Waals surface area (Å²) in [6.45, 7) is 6.82. The van der Waals surface area contributed by atoms with Crippen LogP contribution >= 0.6 is 0 Å². The molecule has 0 aliphatic rings. The van der Waals surface area contributed by atoms with E-state index in [-0.39, 0.29) is 17.8 Å². The SMILES string of the molecule is CCNc1cc(C(=O)Nc2ncccn2)cc(C(C)C)n1. The first-order valence-corrected chi connectivity index (χ1v) is 6.94. The van der Waals surface area contributed by atoms with Crippen LogP contribution in [-0.4, -0.2) is 27.4 Å². The maximum absolute atomic E-state index is 12.3. The molecule has 6 heteroatoms. The number of anilines is 2. The van der Waals surface area contributed by atoms with Crippen molar-refractivity contribution in [1.82, 2.24) is 15.0 Å². The van der Waals surface area contributed by atoms with Crippen molar-refractivity contribution in [3.63, 3.8) is 0 Å². The predicted molar refractivity (Wildman–Crippen MR) is 82.5 cm³/mol. The van der Waals surface area contributed by atoms with Gasteiger partial charge in [0.05, 0.1) is 0 Å². The number of carbonyl (C=O) groups is 1. The van der Waals surface area contributed by atoms with Crippen molar-refractivity contribution in [2.75, 3.05) is 17.2 Å². The van der Waals surface area contributed by atoms with Gasteiger partial charge in [0.25, 0.3) is 5.91 Å². The molecular weight excluding hydrogens is 266 g/mol. The number of aromatic nitrogens is 3. The van der Waals surface area contributed by atoms with Crippen LogP contribution in [0.2, 0.25) is 0 Å². The van der Waals surface area contributed by atoms with E-state index >= 15 is 0 Å². The van der Waals surface area contributed by atoms with E-state index in [9.17, 15) is 4.79 Å². The summed E-state index contributed by atoms with van der Waals surface area (Å²) in [5.74, 6) is 0.978. The zero-order valence-electron chi connectivity index (χ0n) is 12.4. The maximum Gasteiger partial charge on any atom is 0.258 e. The Kier molecular flexibility index (Phi) is 4.81. The zero-order chi connectivity index (χ0) is 15.2. The molecule has 1 amide bonds. The third-order valence-corrected chi connectivity index (χ3v) is 2.85. The fourth-order valence-electron chi connectivity index (χ4n) is 1.79. The molecular formula is C15H19N5O. The molecule has 0 bridgehead atoms. The van der Waals surface area contributed by atoms with Crippen LogP contribution in [0.3, 0.4) is 0 Å². The molecule has 2 N–H and O–H groups in total. The van der Waals surface area contributed by atoms with E-state index in [1.165, 1.54) is 0 Å². The van der Waals surface area contributed by atoms with E-state index < -0.39 is 0 Å². The second kappa shape index (κ2) is 6.78. The molecule has 2 rings (SSSR count). The highest BCUT2D eigenvalue weighted by Gasteiger charge is 2.12. The Labute approximate surface area is 124 Å². The molecule has 6 nitrogen and oxygen atoms in total. The standard InChI is InChI=1S/C15H19N5O/c1-4-16-13-9-11(8-12(19-13)10(2)3)14(21)20-15-17-6-5-7-18-15/h5-10H,4H2,1-3H3,(H,16,19)(H,17,18,20,21). The van der Waals surface area contributed by atoms with Gasteiger partial charge in [-0.15, -0.1) is 0 Å². The summed E-state index contributed by atoms with van der Waals surface area (Å²) >= 11 is 0. The summed E-state index contributed by atoms with van der Waals surface area (Å²) in [4.78, 5) is 24.8. The van der Waals surface area contributed by atoms with Crippen LogP contribution in [0.1, 0.15) is 42.7 Å². The Morgan fingerprint density at radius 2 is 1.95 bits per heavy atom. The van der Waals surface area contributed by atoms with Crippen molar-refractivity contribution in [2.45, 2.75) is 26.7 Å². The molecule has 0 saturated carbocycles. The van der Waals surface area contributed by atoms with Crippen molar-refractivity contribution < 1.29 is 4.79 Å². The fraction of sp³-hybridized carbons (Fsp3) is 0.333. The van der Waals surface area contributed by atoms with E-state index in [0.29, 0.717) is 11.4 Å². The van der Waals surface area contributed by atoms with Crippen LogP contribution in [0.5, 0.6) is 0 Å². The monoisotopic (exact) mass is 285 g/mol. The van der Waals surface area contributed by atoms with Crippen LogP contribution in [0.4, 0.5) is 11.8 Å². The van der Waals surface area contributed by atoms with Crippen molar-refractivity contribution in [2.24, 2.45) is 0 Å². The molecule has 0 unspecified atom stereocenters. The van der Waals surface area contributed by atoms with Crippen LogP contribution in [0.25, 0.3) is 0 Å². The Bertz CT molecular complexity index is 613. The molecule has 0 aromatic carbocycles. The van der Waals surface area contributed by atoms with Gasteiger partial charge in [-0.2, -0.15) is 0 Å². The second-order valence-corrected chi connectivity index (χ2v) is 4.88. The molecule has 0 aliphatic heterocycles. The second-order valence-electron chi connectivity index (χ2n) is 4.88. The normalized spacial score (nSPS) is 10.5. The molecule has 0 aliphatic carbocycles. The average molecular weight is 285 g/mol. The van der Waals surface area contributed by atoms with E-state index in [2.05, 4.69) is 25.6 Å². The lowest BCUT2D eigenvalue weighted by atomic mass is 10.1. The topological polar surface area (TPSA) is 79.8 Å². The number of nitrogens with one attached hydrogen (secondary N) is 2. The Morgan fingerprint density at radius 3 is 2.57 bits per heavy atom. The van der Waals surface area contributed by atoms with E-state index in [1.54, 1.807) is 30.6 Å². The largest absolute Gasteiger partial charge is 0.370 e. The molecule has 2 aromatic heterocycles. The van der Waals surface area contributed by atoms with Gasteiger partial charge in [-0.25, -0.2) is 15.0 Å². The first kappa shape index (κ1) is 14.9. The van der Waals surface area contributed by atoms with Crippen LogP contribution in [-0.2, 0) is 0 Å². The van der Waals surface area contributed by atoms with Gasteiger partial charge >= 0.3 is 0 Å². The summed E-state index contributed by atoms with van der Waals surface area (Å²) in [6.07, 6.45) is 3.16. The first-order valence-electron chi connectivity index (χ1n) is 6.94. The van der Waals surface area contributed by atoms with Crippen molar-refractivity contribution in [3.05, 3.63) is 41.9 Å². The van der Waals surface area contributed by atoms with Gasteiger partial charge in [-0.05, 0) is 31.0 Å². The number of hydrogen-bond acceptors (Lipinski definition) is 5. The van der Waals surface area contributed by atoms with Crippen LogP contribution in [0.15, 0.2) is 30.6 Å². The smallest absolute Gasteiger partial charge is 0.258 e. The summed E-state index contributed by atoms with van der Waals surface area (Å²) in [5, 5.41) is 5.82. The third kappa shape index (κ3) is 3.98. The minimum Gasteiger partial charge on any atom is -0.370 e. The highest BCUT2D eigenvalue weighted by molar-refractivity contribution is 6.03. The van der Waals surface area contributed by atoms with Gasteiger partial charge in [-0.3, -0.25) is 10.1 Å².